The minimum absolute atomic E-state index is 0.0194. The third-order valence-electron chi connectivity index (χ3n) is 3.61. The Morgan fingerprint density at radius 2 is 2.19 bits per heavy atom. The van der Waals surface area contributed by atoms with Gasteiger partial charge in [-0.25, -0.2) is 4.98 Å². The van der Waals surface area contributed by atoms with Gasteiger partial charge < -0.3 is 9.88 Å². The van der Waals surface area contributed by atoms with Crippen molar-refractivity contribution in [1.82, 2.24) is 24.6 Å². The summed E-state index contributed by atoms with van der Waals surface area (Å²) in [7, 11) is 3.84. The molecule has 114 valence electrons. The van der Waals surface area contributed by atoms with Crippen LogP contribution in [0.15, 0.2) is 24.7 Å². The highest BCUT2D eigenvalue weighted by atomic mass is 16.1. The highest BCUT2D eigenvalue weighted by Crippen LogP contribution is 2.16. The van der Waals surface area contributed by atoms with E-state index in [0.29, 0.717) is 12.8 Å². The topological polar surface area (TPSA) is 64.7 Å². The number of amides is 1. The van der Waals surface area contributed by atoms with E-state index < -0.39 is 0 Å². The molecule has 2 rings (SSSR count). The van der Waals surface area contributed by atoms with Crippen LogP contribution >= 0.6 is 0 Å². The summed E-state index contributed by atoms with van der Waals surface area (Å²) in [4.78, 5) is 16.5. The summed E-state index contributed by atoms with van der Waals surface area (Å²) < 4.78 is 3.76. The number of nitrogens with zero attached hydrogens (tertiary/aromatic N) is 4. The monoisotopic (exact) mass is 289 g/mol. The van der Waals surface area contributed by atoms with Crippen LogP contribution in [0, 0.1) is 0 Å². The van der Waals surface area contributed by atoms with Gasteiger partial charge in [-0.15, -0.1) is 0 Å². The largest absolute Gasteiger partial charge is 0.346 e. The van der Waals surface area contributed by atoms with E-state index in [1.54, 1.807) is 17.1 Å². The third-order valence-corrected chi connectivity index (χ3v) is 3.61. The lowest BCUT2D eigenvalue weighted by molar-refractivity contribution is -0.121. The fourth-order valence-electron chi connectivity index (χ4n) is 2.42. The molecule has 1 amide bonds. The van der Waals surface area contributed by atoms with Crippen molar-refractivity contribution in [1.29, 1.82) is 0 Å². The van der Waals surface area contributed by atoms with Gasteiger partial charge in [0.05, 0.1) is 6.04 Å². The summed E-state index contributed by atoms with van der Waals surface area (Å²) in [6.45, 7) is 2.11. The summed E-state index contributed by atoms with van der Waals surface area (Å²) in [5, 5.41) is 7.20. The number of aromatic nitrogens is 4. The van der Waals surface area contributed by atoms with E-state index in [4.69, 9.17) is 0 Å². The molecule has 21 heavy (non-hydrogen) atoms. The second-order valence-electron chi connectivity index (χ2n) is 5.25. The molecule has 0 saturated carbocycles. The molecule has 2 heterocycles. The first-order valence-corrected chi connectivity index (χ1v) is 7.35. The maximum Gasteiger partial charge on any atom is 0.220 e. The number of hydrogen-bond donors (Lipinski definition) is 1. The molecule has 1 atom stereocenters. The highest BCUT2D eigenvalue weighted by molar-refractivity contribution is 5.76. The molecular weight excluding hydrogens is 266 g/mol. The van der Waals surface area contributed by atoms with Crippen LogP contribution in [0.4, 0.5) is 0 Å². The van der Waals surface area contributed by atoms with Gasteiger partial charge >= 0.3 is 0 Å². The van der Waals surface area contributed by atoms with Crippen LogP contribution < -0.4 is 5.32 Å². The summed E-state index contributed by atoms with van der Waals surface area (Å²) in [5.74, 6) is 0.961. The van der Waals surface area contributed by atoms with Crippen molar-refractivity contribution >= 4 is 5.91 Å². The molecule has 0 fully saturated rings. The van der Waals surface area contributed by atoms with E-state index in [-0.39, 0.29) is 11.9 Å². The number of aryl methyl sites for hydroxylation is 3. The van der Waals surface area contributed by atoms with Gasteiger partial charge in [-0.05, 0) is 18.9 Å². The van der Waals surface area contributed by atoms with Crippen molar-refractivity contribution in [2.24, 2.45) is 14.1 Å². The van der Waals surface area contributed by atoms with Crippen LogP contribution in [0.25, 0.3) is 0 Å². The Hall–Kier alpha value is -2.11. The smallest absolute Gasteiger partial charge is 0.220 e. The zero-order chi connectivity index (χ0) is 15.2. The molecule has 0 aliphatic rings. The number of imidazole rings is 1. The lowest BCUT2D eigenvalue weighted by atomic mass is 10.1. The fourth-order valence-corrected chi connectivity index (χ4v) is 2.42. The molecule has 0 bridgehead atoms. The van der Waals surface area contributed by atoms with Crippen molar-refractivity contribution < 1.29 is 4.79 Å². The van der Waals surface area contributed by atoms with Crippen LogP contribution in [0.3, 0.4) is 0 Å². The Balaban J connectivity index is 1.93. The normalized spacial score (nSPS) is 12.3. The quantitative estimate of drug-likeness (QED) is 0.844. The zero-order valence-electron chi connectivity index (χ0n) is 12.9. The van der Waals surface area contributed by atoms with Crippen molar-refractivity contribution in [3.8, 4) is 0 Å². The molecule has 0 unspecified atom stereocenters. The van der Waals surface area contributed by atoms with Gasteiger partial charge in [-0.1, -0.05) is 13.3 Å². The molecule has 6 nitrogen and oxygen atoms in total. The maximum absolute atomic E-state index is 12.2. The maximum atomic E-state index is 12.2. The van der Waals surface area contributed by atoms with Gasteiger partial charge in [0, 0.05) is 44.8 Å². The van der Waals surface area contributed by atoms with Crippen LogP contribution in [0.1, 0.15) is 43.7 Å². The number of carbonyl (C=O) groups excluding carboxylic acids is 1. The van der Waals surface area contributed by atoms with Crippen LogP contribution in [0.2, 0.25) is 0 Å². The summed E-state index contributed by atoms with van der Waals surface area (Å²) in [5.41, 5.74) is 1.06. The van der Waals surface area contributed by atoms with Crippen molar-refractivity contribution in [2.45, 2.75) is 38.6 Å². The molecule has 2 aromatic rings. The Bertz CT molecular complexity index is 586. The lowest BCUT2D eigenvalue weighted by Gasteiger charge is -2.18. The lowest BCUT2D eigenvalue weighted by Crippen LogP contribution is -2.30. The number of rotatable bonds is 7. The van der Waals surface area contributed by atoms with E-state index in [9.17, 15) is 4.79 Å². The van der Waals surface area contributed by atoms with Gasteiger partial charge in [0.2, 0.25) is 5.91 Å². The second kappa shape index (κ2) is 7.06. The van der Waals surface area contributed by atoms with Crippen molar-refractivity contribution in [2.75, 3.05) is 0 Å². The van der Waals surface area contributed by atoms with E-state index >= 15 is 0 Å². The predicted octanol–water partition coefficient (Wildman–Crippen LogP) is 1.74. The van der Waals surface area contributed by atoms with Crippen LogP contribution in [0.5, 0.6) is 0 Å². The van der Waals surface area contributed by atoms with Gasteiger partial charge in [0.1, 0.15) is 5.82 Å². The molecule has 1 N–H and O–H groups in total. The Kier molecular flexibility index (Phi) is 5.14. The average molecular weight is 289 g/mol. The van der Waals surface area contributed by atoms with Gasteiger partial charge in [0.15, 0.2) is 0 Å². The third kappa shape index (κ3) is 3.93. The first-order chi connectivity index (χ1) is 10.1. The summed E-state index contributed by atoms with van der Waals surface area (Å²) >= 11 is 0. The van der Waals surface area contributed by atoms with Gasteiger partial charge in [0.25, 0.3) is 0 Å². The minimum atomic E-state index is -0.0194. The zero-order valence-corrected chi connectivity index (χ0v) is 12.9. The van der Waals surface area contributed by atoms with E-state index in [1.807, 2.05) is 30.9 Å². The molecule has 0 aromatic carbocycles. The molecule has 0 aliphatic carbocycles. The first kappa shape index (κ1) is 15.3. The second-order valence-corrected chi connectivity index (χ2v) is 5.25. The molecule has 0 radical (unpaired) electrons. The molecular formula is C15H23N5O. The fraction of sp³-hybridized carbons (Fsp3) is 0.533. The van der Waals surface area contributed by atoms with Gasteiger partial charge in [-0.2, -0.15) is 5.10 Å². The van der Waals surface area contributed by atoms with Crippen molar-refractivity contribution in [3.05, 3.63) is 36.2 Å². The summed E-state index contributed by atoms with van der Waals surface area (Å²) in [6.07, 6.45) is 8.47. The minimum Gasteiger partial charge on any atom is -0.346 e. The standard InChI is InChI=1S/C15H23N5O/c1-4-5-13(15-16-10-11-19(15)2)18-14(21)7-6-12-8-9-17-20(12)3/h8-11,13H,4-7H2,1-3H3,(H,18,21)/t13-/m0/s1. The molecule has 0 saturated heterocycles. The number of carbonyl (C=O) groups is 1. The average Bonchev–Trinajstić information content (AvgIpc) is 3.05. The van der Waals surface area contributed by atoms with Crippen molar-refractivity contribution in [3.63, 3.8) is 0 Å². The summed E-state index contributed by atoms with van der Waals surface area (Å²) in [6, 6.07) is 1.92. The van der Waals surface area contributed by atoms with E-state index in [1.165, 1.54) is 0 Å². The molecule has 2 aromatic heterocycles. The van der Waals surface area contributed by atoms with Gasteiger partial charge in [-0.3, -0.25) is 9.48 Å². The van der Waals surface area contributed by atoms with E-state index in [2.05, 4.69) is 22.3 Å². The number of nitrogens with one attached hydrogen (secondary N) is 1. The van der Waals surface area contributed by atoms with E-state index in [0.717, 1.165) is 24.4 Å². The predicted molar refractivity (Wildman–Crippen MR) is 80.5 cm³/mol. The molecule has 0 spiro atoms. The Labute approximate surface area is 125 Å². The number of hydrogen-bond acceptors (Lipinski definition) is 3. The highest BCUT2D eigenvalue weighted by Gasteiger charge is 2.17. The molecule has 6 heteroatoms. The van der Waals surface area contributed by atoms with Crippen LogP contribution in [-0.2, 0) is 25.3 Å². The first-order valence-electron chi connectivity index (χ1n) is 7.35. The van der Waals surface area contributed by atoms with Crippen LogP contribution in [-0.4, -0.2) is 25.2 Å². The molecule has 0 aliphatic heterocycles. The Morgan fingerprint density at radius 1 is 1.38 bits per heavy atom. The SMILES string of the molecule is CCC[C@H](NC(=O)CCc1ccnn1C)c1nccn1C. The Morgan fingerprint density at radius 3 is 2.76 bits per heavy atom.